The molecular weight excluding hydrogens is 244 g/mol. The Morgan fingerprint density at radius 2 is 1.89 bits per heavy atom. The minimum atomic E-state index is -0.0198. The van der Waals surface area contributed by atoms with Crippen LogP contribution in [0, 0.1) is 0 Å². The molecule has 2 aromatic rings. The average Bonchev–Trinajstić information content (AvgIpc) is 2.38. The summed E-state index contributed by atoms with van der Waals surface area (Å²) in [7, 11) is 0. The van der Waals surface area contributed by atoms with E-state index >= 15 is 0 Å². The molecule has 0 unspecified atom stereocenters. The Hall–Kier alpha value is -1.94. The SMILES string of the molecule is Nc1cccc(SCC(=O)Nc2ccccc2)c1. The standard InChI is InChI=1S/C14H14N2OS/c15-11-5-4-8-13(9-11)18-10-14(17)16-12-6-2-1-3-7-12/h1-9H,10,15H2,(H,16,17). The molecular formula is C14H14N2OS. The highest BCUT2D eigenvalue weighted by molar-refractivity contribution is 8.00. The summed E-state index contributed by atoms with van der Waals surface area (Å²) in [5.74, 6) is 0.354. The van der Waals surface area contributed by atoms with E-state index in [9.17, 15) is 4.79 Å². The van der Waals surface area contributed by atoms with Crippen molar-refractivity contribution in [2.45, 2.75) is 4.90 Å². The van der Waals surface area contributed by atoms with Crippen LogP contribution in [0.1, 0.15) is 0 Å². The monoisotopic (exact) mass is 258 g/mol. The highest BCUT2D eigenvalue weighted by Crippen LogP contribution is 2.20. The first-order chi connectivity index (χ1) is 8.74. The van der Waals surface area contributed by atoms with Crippen LogP contribution in [-0.2, 0) is 4.79 Å². The van der Waals surface area contributed by atoms with Crippen molar-refractivity contribution in [1.29, 1.82) is 0 Å². The van der Waals surface area contributed by atoms with E-state index in [1.165, 1.54) is 11.8 Å². The zero-order chi connectivity index (χ0) is 12.8. The normalized spacial score (nSPS) is 10.0. The van der Waals surface area contributed by atoms with Gasteiger partial charge in [-0.25, -0.2) is 0 Å². The number of nitrogens with one attached hydrogen (secondary N) is 1. The fraction of sp³-hybridized carbons (Fsp3) is 0.0714. The summed E-state index contributed by atoms with van der Waals surface area (Å²) in [4.78, 5) is 12.7. The van der Waals surface area contributed by atoms with Gasteiger partial charge in [-0.15, -0.1) is 11.8 Å². The third-order valence-corrected chi connectivity index (χ3v) is 3.28. The second-order valence-corrected chi connectivity index (χ2v) is 4.82. The topological polar surface area (TPSA) is 55.1 Å². The Kier molecular flexibility index (Phi) is 4.25. The zero-order valence-corrected chi connectivity index (χ0v) is 10.6. The van der Waals surface area contributed by atoms with Crippen molar-refractivity contribution >= 4 is 29.0 Å². The van der Waals surface area contributed by atoms with Crippen LogP contribution in [0.4, 0.5) is 11.4 Å². The molecule has 2 rings (SSSR count). The molecule has 0 aliphatic heterocycles. The fourth-order valence-corrected chi connectivity index (χ4v) is 2.24. The number of carbonyl (C=O) groups is 1. The number of hydrogen-bond donors (Lipinski definition) is 2. The van der Waals surface area contributed by atoms with Crippen molar-refractivity contribution in [2.75, 3.05) is 16.8 Å². The first-order valence-electron chi connectivity index (χ1n) is 5.57. The quantitative estimate of drug-likeness (QED) is 0.654. The van der Waals surface area contributed by atoms with Gasteiger partial charge < -0.3 is 11.1 Å². The Balaban J connectivity index is 1.85. The number of nitrogen functional groups attached to an aromatic ring is 1. The smallest absolute Gasteiger partial charge is 0.234 e. The van der Waals surface area contributed by atoms with Gasteiger partial charge in [-0.3, -0.25) is 4.79 Å². The summed E-state index contributed by atoms with van der Waals surface area (Å²) in [6.45, 7) is 0. The Labute approximate surface area is 110 Å². The predicted octanol–water partition coefficient (Wildman–Crippen LogP) is 3.00. The Morgan fingerprint density at radius 1 is 1.11 bits per heavy atom. The molecule has 4 heteroatoms. The van der Waals surface area contributed by atoms with E-state index in [4.69, 9.17) is 5.73 Å². The highest BCUT2D eigenvalue weighted by atomic mass is 32.2. The Morgan fingerprint density at radius 3 is 2.61 bits per heavy atom. The van der Waals surface area contributed by atoms with Gasteiger partial charge in [-0.2, -0.15) is 0 Å². The van der Waals surface area contributed by atoms with Gasteiger partial charge in [0, 0.05) is 16.3 Å². The lowest BCUT2D eigenvalue weighted by Crippen LogP contribution is -2.13. The molecule has 0 atom stereocenters. The summed E-state index contributed by atoms with van der Waals surface area (Å²) < 4.78 is 0. The lowest BCUT2D eigenvalue weighted by molar-refractivity contribution is -0.113. The van der Waals surface area contributed by atoms with Crippen LogP contribution in [0.2, 0.25) is 0 Å². The second kappa shape index (κ2) is 6.12. The van der Waals surface area contributed by atoms with Crippen LogP contribution < -0.4 is 11.1 Å². The zero-order valence-electron chi connectivity index (χ0n) is 9.80. The molecule has 0 bridgehead atoms. The third kappa shape index (κ3) is 3.82. The highest BCUT2D eigenvalue weighted by Gasteiger charge is 2.03. The maximum atomic E-state index is 11.7. The molecule has 0 spiro atoms. The number of anilines is 2. The van der Waals surface area contributed by atoms with E-state index < -0.39 is 0 Å². The van der Waals surface area contributed by atoms with Crippen molar-refractivity contribution in [3.05, 3.63) is 54.6 Å². The van der Waals surface area contributed by atoms with Gasteiger partial charge >= 0.3 is 0 Å². The predicted molar refractivity (Wildman–Crippen MR) is 76.7 cm³/mol. The van der Waals surface area contributed by atoms with Crippen molar-refractivity contribution in [1.82, 2.24) is 0 Å². The van der Waals surface area contributed by atoms with Gasteiger partial charge in [0.2, 0.25) is 5.91 Å². The van der Waals surface area contributed by atoms with Crippen LogP contribution in [0.3, 0.4) is 0 Å². The summed E-state index contributed by atoms with van der Waals surface area (Å²) in [5, 5.41) is 2.84. The Bertz CT molecular complexity index is 528. The summed E-state index contributed by atoms with van der Waals surface area (Å²) in [6, 6.07) is 16.9. The number of rotatable bonds is 4. The van der Waals surface area contributed by atoms with Gasteiger partial charge in [0.05, 0.1) is 5.75 Å². The number of nitrogens with two attached hydrogens (primary N) is 1. The molecule has 0 heterocycles. The van der Waals surface area contributed by atoms with E-state index in [0.717, 1.165) is 10.6 Å². The van der Waals surface area contributed by atoms with E-state index in [-0.39, 0.29) is 5.91 Å². The lowest BCUT2D eigenvalue weighted by atomic mass is 10.3. The lowest BCUT2D eigenvalue weighted by Gasteiger charge is -2.05. The van der Waals surface area contributed by atoms with Crippen molar-refractivity contribution in [3.8, 4) is 0 Å². The van der Waals surface area contributed by atoms with Crippen molar-refractivity contribution in [3.63, 3.8) is 0 Å². The molecule has 0 aliphatic carbocycles. The minimum Gasteiger partial charge on any atom is -0.399 e. The number of para-hydroxylation sites is 1. The first-order valence-corrected chi connectivity index (χ1v) is 6.56. The van der Waals surface area contributed by atoms with E-state index in [2.05, 4.69) is 5.32 Å². The molecule has 18 heavy (non-hydrogen) atoms. The van der Waals surface area contributed by atoms with Crippen molar-refractivity contribution in [2.24, 2.45) is 0 Å². The molecule has 1 amide bonds. The van der Waals surface area contributed by atoms with Gasteiger partial charge in [-0.1, -0.05) is 24.3 Å². The average molecular weight is 258 g/mol. The van der Waals surface area contributed by atoms with E-state index in [1.54, 1.807) is 0 Å². The van der Waals surface area contributed by atoms with E-state index in [1.807, 2.05) is 54.6 Å². The molecule has 0 aromatic heterocycles. The van der Waals surface area contributed by atoms with Gasteiger partial charge in [0.1, 0.15) is 0 Å². The number of benzene rings is 2. The number of hydrogen-bond acceptors (Lipinski definition) is 3. The molecule has 0 saturated heterocycles. The first kappa shape index (κ1) is 12.5. The fourth-order valence-electron chi connectivity index (χ4n) is 1.47. The summed E-state index contributed by atoms with van der Waals surface area (Å²) in [5.41, 5.74) is 7.20. The number of amides is 1. The summed E-state index contributed by atoms with van der Waals surface area (Å²) >= 11 is 1.47. The van der Waals surface area contributed by atoms with E-state index in [0.29, 0.717) is 11.4 Å². The number of thioether (sulfide) groups is 1. The number of carbonyl (C=O) groups excluding carboxylic acids is 1. The summed E-state index contributed by atoms with van der Waals surface area (Å²) in [6.07, 6.45) is 0. The molecule has 0 aliphatic rings. The van der Waals surface area contributed by atoms with Crippen LogP contribution in [0.25, 0.3) is 0 Å². The van der Waals surface area contributed by atoms with Gasteiger partial charge in [0.25, 0.3) is 0 Å². The molecule has 3 N–H and O–H groups in total. The largest absolute Gasteiger partial charge is 0.399 e. The third-order valence-electron chi connectivity index (χ3n) is 2.29. The molecule has 0 fully saturated rings. The molecule has 3 nitrogen and oxygen atoms in total. The maximum Gasteiger partial charge on any atom is 0.234 e. The minimum absolute atomic E-state index is 0.0198. The maximum absolute atomic E-state index is 11.7. The van der Waals surface area contributed by atoms with Gasteiger partial charge in [-0.05, 0) is 30.3 Å². The van der Waals surface area contributed by atoms with Crippen LogP contribution in [-0.4, -0.2) is 11.7 Å². The van der Waals surface area contributed by atoms with Crippen LogP contribution in [0.15, 0.2) is 59.5 Å². The van der Waals surface area contributed by atoms with Gasteiger partial charge in [0.15, 0.2) is 0 Å². The molecule has 2 aromatic carbocycles. The van der Waals surface area contributed by atoms with Crippen molar-refractivity contribution < 1.29 is 4.79 Å². The molecule has 0 saturated carbocycles. The van der Waals surface area contributed by atoms with Crippen LogP contribution in [0.5, 0.6) is 0 Å². The second-order valence-electron chi connectivity index (χ2n) is 3.78. The molecule has 92 valence electrons. The van der Waals surface area contributed by atoms with Crippen LogP contribution >= 0.6 is 11.8 Å². The molecule has 0 radical (unpaired) electrons.